The molecule has 2 amide bonds. The number of nitrogens with zero attached hydrogens (tertiary/aromatic N) is 2. The van der Waals surface area contributed by atoms with Crippen LogP contribution in [0.3, 0.4) is 0 Å². The van der Waals surface area contributed by atoms with Gasteiger partial charge in [0, 0.05) is 30.9 Å². The number of rotatable bonds is 10. The predicted molar refractivity (Wildman–Crippen MR) is 137 cm³/mol. The maximum Gasteiger partial charge on any atom is 0.328 e. The Kier molecular flexibility index (Phi) is 8.89. The number of carbonyl (C=O) groups is 3. The van der Waals surface area contributed by atoms with Gasteiger partial charge in [-0.05, 0) is 75.4 Å². The fraction of sp³-hybridized carbons (Fsp3) is 0.481. The van der Waals surface area contributed by atoms with E-state index in [9.17, 15) is 19.5 Å². The van der Waals surface area contributed by atoms with Crippen molar-refractivity contribution < 1.29 is 19.5 Å². The van der Waals surface area contributed by atoms with Crippen LogP contribution in [0.4, 0.5) is 5.82 Å². The number of aryl methyl sites for hydroxylation is 2. The summed E-state index contributed by atoms with van der Waals surface area (Å²) in [6.07, 6.45) is 5.79. The van der Waals surface area contributed by atoms with Crippen LogP contribution in [0.25, 0.3) is 0 Å². The smallest absolute Gasteiger partial charge is 0.328 e. The zero-order valence-corrected chi connectivity index (χ0v) is 20.5. The van der Waals surface area contributed by atoms with Crippen molar-refractivity contribution in [2.75, 3.05) is 38.0 Å². The van der Waals surface area contributed by atoms with Crippen LogP contribution >= 0.6 is 0 Å². The maximum absolute atomic E-state index is 12.8. The minimum absolute atomic E-state index is 0.152. The molecule has 0 aliphatic carbocycles. The Balaban J connectivity index is 1.21. The average molecular weight is 494 g/mol. The lowest BCUT2D eigenvalue weighted by Crippen LogP contribution is -2.51. The number of nitrogens with one attached hydrogen (secondary N) is 3. The number of carboxylic acids is 1. The highest BCUT2D eigenvalue weighted by molar-refractivity contribution is 5.96. The van der Waals surface area contributed by atoms with Crippen molar-refractivity contribution in [3.05, 3.63) is 59.3 Å². The summed E-state index contributed by atoms with van der Waals surface area (Å²) in [7, 11) is 0. The largest absolute Gasteiger partial charge is 0.480 e. The van der Waals surface area contributed by atoms with E-state index in [0.717, 1.165) is 69.7 Å². The van der Waals surface area contributed by atoms with Gasteiger partial charge in [0.15, 0.2) is 0 Å². The number of piperidine rings is 1. The lowest BCUT2D eigenvalue weighted by Gasteiger charge is -2.32. The number of carboxylic acid groups (broad SMARTS) is 1. The summed E-state index contributed by atoms with van der Waals surface area (Å²) in [5, 5.41) is 18.1. The summed E-state index contributed by atoms with van der Waals surface area (Å²) < 4.78 is 0. The van der Waals surface area contributed by atoms with Gasteiger partial charge in [-0.1, -0.05) is 24.3 Å². The molecule has 9 nitrogen and oxygen atoms in total. The molecule has 4 N–H and O–H groups in total. The fourth-order valence-corrected chi connectivity index (χ4v) is 4.84. The molecule has 2 aromatic rings. The summed E-state index contributed by atoms with van der Waals surface area (Å²) in [6.45, 7) is 3.32. The van der Waals surface area contributed by atoms with E-state index in [0.29, 0.717) is 12.1 Å². The highest BCUT2D eigenvalue weighted by Gasteiger charge is 2.27. The molecule has 2 aliphatic rings. The van der Waals surface area contributed by atoms with Gasteiger partial charge in [-0.3, -0.25) is 9.59 Å². The van der Waals surface area contributed by atoms with Crippen molar-refractivity contribution in [2.45, 2.75) is 44.6 Å². The van der Waals surface area contributed by atoms with Crippen LogP contribution in [0, 0.1) is 5.92 Å². The maximum atomic E-state index is 12.8. The molecular weight excluding hydrogens is 458 g/mol. The zero-order chi connectivity index (χ0) is 25.3. The highest BCUT2D eigenvalue weighted by atomic mass is 16.4. The molecule has 1 saturated heterocycles. The second kappa shape index (κ2) is 12.5. The number of fused-ring (bicyclic) bond motifs is 1. The number of carbonyl (C=O) groups excluding carboxylic acids is 2. The summed E-state index contributed by atoms with van der Waals surface area (Å²) in [4.78, 5) is 43.8. The molecule has 1 aromatic heterocycles. The first-order valence-corrected chi connectivity index (χ1v) is 12.8. The van der Waals surface area contributed by atoms with Crippen LogP contribution in [0.5, 0.6) is 0 Å². The van der Waals surface area contributed by atoms with Gasteiger partial charge in [0.1, 0.15) is 11.9 Å². The number of aromatic nitrogens is 1. The van der Waals surface area contributed by atoms with Crippen LogP contribution < -0.4 is 16.0 Å². The van der Waals surface area contributed by atoms with Crippen LogP contribution in [0.2, 0.25) is 0 Å². The van der Waals surface area contributed by atoms with Crippen molar-refractivity contribution in [1.29, 1.82) is 0 Å². The molecule has 0 saturated carbocycles. The summed E-state index contributed by atoms with van der Waals surface area (Å²) >= 11 is 0. The third kappa shape index (κ3) is 7.04. The van der Waals surface area contributed by atoms with Gasteiger partial charge in [0.2, 0.25) is 5.91 Å². The fourth-order valence-electron chi connectivity index (χ4n) is 4.84. The molecule has 3 heterocycles. The van der Waals surface area contributed by atoms with Crippen molar-refractivity contribution in [3.63, 3.8) is 0 Å². The quantitative estimate of drug-likeness (QED) is 0.400. The van der Waals surface area contributed by atoms with Crippen LogP contribution in [-0.2, 0) is 22.4 Å². The van der Waals surface area contributed by atoms with E-state index in [2.05, 4.69) is 33.0 Å². The molecule has 2 atom stereocenters. The van der Waals surface area contributed by atoms with E-state index >= 15 is 0 Å². The lowest BCUT2D eigenvalue weighted by atomic mass is 9.96. The summed E-state index contributed by atoms with van der Waals surface area (Å²) in [6, 6.07) is 11.5. The van der Waals surface area contributed by atoms with E-state index < -0.39 is 17.9 Å². The van der Waals surface area contributed by atoms with Gasteiger partial charge in [-0.2, -0.15) is 0 Å². The topological polar surface area (TPSA) is 124 Å². The second-order valence-electron chi connectivity index (χ2n) is 9.56. The second-order valence-corrected chi connectivity index (χ2v) is 9.56. The molecule has 1 aromatic carbocycles. The molecule has 0 unspecified atom stereocenters. The SMILES string of the molecule is O=C(N[C@@H](CNC(=O)[C@@H]1CCCN(CCCc2ccc3c(n2)NCCC3)C1)C(=O)O)c1ccccc1. The number of aliphatic carboxylic acids is 1. The normalized spacial score (nSPS) is 18.4. The van der Waals surface area contributed by atoms with E-state index in [4.69, 9.17) is 4.98 Å². The van der Waals surface area contributed by atoms with E-state index in [1.165, 1.54) is 5.56 Å². The van der Waals surface area contributed by atoms with Crippen molar-refractivity contribution in [1.82, 2.24) is 20.5 Å². The van der Waals surface area contributed by atoms with Gasteiger partial charge in [-0.25, -0.2) is 9.78 Å². The Labute approximate surface area is 211 Å². The first-order valence-electron chi connectivity index (χ1n) is 12.8. The molecule has 1 fully saturated rings. The van der Waals surface area contributed by atoms with E-state index in [1.54, 1.807) is 30.3 Å². The molecule has 36 heavy (non-hydrogen) atoms. The summed E-state index contributed by atoms with van der Waals surface area (Å²) in [5.74, 6) is -0.999. The first-order chi connectivity index (χ1) is 17.5. The molecule has 192 valence electrons. The monoisotopic (exact) mass is 493 g/mol. The minimum atomic E-state index is -1.19. The van der Waals surface area contributed by atoms with Crippen LogP contribution in [-0.4, -0.2) is 71.5 Å². The van der Waals surface area contributed by atoms with Crippen LogP contribution in [0.1, 0.15) is 47.3 Å². The Morgan fingerprint density at radius 3 is 2.78 bits per heavy atom. The number of hydrogen-bond donors (Lipinski definition) is 4. The Hall–Kier alpha value is -3.46. The van der Waals surface area contributed by atoms with E-state index in [1.807, 2.05) is 0 Å². The van der Waals surface area contributed by atoms with Crippen molar-refractivity contribution in [2.24, 2.45) is 5.92 Å². The van der Waals surface area contributed by atoms with Crippen molar-refractivity contribution in [3.8, 4) is 0 Å². The number of hydrogen-bond acceptors (Lipinski definition) is 6. The van der Waals surface area contributed by atoms with Crippen molar-refractivity contribution >= 4 is 23.6 Å². The van der Waals surface area contributed by atoms with E-state index in [-0.39, 0.29) is 18.4 Å². The summed E-state index contributed by atoms with van der Waals surface area (Å²) in [5.41, 5.74) is 2.76. The number of amides is 2. The standard InChI is InChI=1S/C27H35N5O4/c33-25(29-17-23(27(35)36)31-26(34)20-7-2-1-3-8-20)21-10-5-15-32(18-21)16-6-11-22-13-12-19-9-4-14-28-24(19)30-22/h1-3,7-8,12-13,21,23H,4-6,9-11,14-18H2,(H,28,30)(H,29,33)(H,31,34)(H,35,36)/t21-,23+/m1/s1. The molecule has 2 aliphatic heterocycles. The first kappa shape index (κ1) is 25.6. The van der Waals surface area contributed by atoms with Gasteiger partial charge >= 0.3 is 5.97 Å². The van der Waals surface area contributed by atoms with Gasteiger partial charge in [0.05, 0.1) is 5.92 Å². The Morgan fingerprint density at radius 2 is 1.97 bits per heavy atom. The third-order valence-corrected chi connectivity index (χ3v) is 6.86. The zero-order valence-electron chi connectivity index (χ0n) is 20.5. The predicted octanol–water partition coefficient (Wildman–Crippen LogP) is 2.08. The molecule has 0 radical (unpaired) electrons. The third-order valence-electron chi connectivity index (χ3n) is 6.86. The molecule has 9 heteroatoms. The average Bonchev–Trinajstić information content (AvgIpc) is 2.91. The number of benzene rings is 1. The van der Waals surface area contributed by atoms with Gasteiger partial charge in [0.25, 0.3) is 5.91 Å². The number of anilines is 1. The lowest BCUT2D eigenvalue weighted by molar-refractivity contribution is -0.139. The Bertz CT molecular complexity index is 1060. The van der Waals surface area contributed by atoms with Gasteiger partial charge in [-0.15, -0.1) is 0 Å². The number of likely N-dealkylation sites (tertiary alicyclic amines) is 1. The number of pyridine rings is 1. The van der Waals surface area contributed by atoms with Crippen LogP contribution in [0.15, 0.2) is 42.5 Å². The molecule has 0 bridgehead atoms. The highest BCUT2D eigenvalue weighted by Crippen LogP contribution is 2.21. The minimum Gasteiger partial charge on any atom is -0.480 e. The Morgan fingerprint density at radius 1 is 1.14 bits per heavy atom. The molecular formula is C27H35N5O4. The molecule has 0 spiro atoms. The van der Waals surface area contributed by atoms with Gasteiger partial charge < -0.3 is 26.0 Å². The molecule has 4 rings (SSSR count).